The van der Waals surface area contributed by atoms with E-state index in [1.807, 2.05) is 26.0 Å². The van der Waals surface area contributed by atoms with Crippen LogP contribution < -0.4 is 0 Å². The average molecular weight is 247 g/mol. The quantitative estimate of drug-likeness (QED) is 0.595. The summed E-state index contributed by atoms with van der Waals surface area (Å²) in [6.45, 7) is 8.23. The molecule has 17 heavy (non-hydrogen) atoms. The van der Waals surface area contributed by atoms with Crippen molar-refractivity contribution in [1.82, 2.24) is 0 Å². The number of hydrogen-bond donors (Lipinski definition) is 0. The maximum absolute atomic E-state index is 5.81. The highest BCUT2D eigenvalue weighted by Gasteiger charge is 1.91. The van der Waals surface area contributed by atoms with Crippen LogP contribution in [0.25, 0.3) is 0 Å². The summed E-state index contributed by atoms with van der Waals surface area (Å²) in [6, 6.07) is 14.5. The normalized spacial score (nSPS) is 9.47. The molecule has 0 aliphatic carbocycles. The van der Waals surface area contributed by atoms with Crippen molar-refractivity contribution in [3.05, 3.63) is 69.7 Å². The lowest BCUT2D eigenvalue weighted by Gasteiger charge is -1.96. The Kier molecular flexibility index (Phi) is 5.24. The summed E-state index contributed by atoms with van der Waals surface area (Å²) in [5.41, 5.74) is 5.01. The largest absolute Gasteiger partial charge is 0.0840 e. The number of benzene rings is 2. The van der Waals surface area contributed by atoms with Crippen LogP contribution in [0.2, 0.25) is 5.02 Å². The Hall–Kier alpha value is -1.27. The lowest BCUT2D eigenvalue weighted by molar-refractivity contribution is 1.40. The molecule has 0 saturated heterocycles. The third kappa shape index (κ3) is 5.06. The van der Waals surface area contributed by atoms with Crippen molar-refractivity contribution in [2.24, 2.45) is 0 Å². The maximum Gasteiger partial charge on any atom is 0.0437 e. The molecule has 0 aliphatic rings. The summed E-state index contributed by atoms with van der Waals surface area (Å²) in [5.74, 6) is 0. The minimum Gasteiger partial charge on any atom is -0.0840 e. The Morgan fingerprint density at radius 2 is 1.06 bits per heavy atom. The lowest BCUT2D eigenvalue weighted by atomic mass is 10.2. The number of rotatable bonds is 0. The minimum absolute atomic E-state index is 0.856. The van der Waals surface area contributed by atoms with Crippen molar-refractivity contribution in [2.75, 3.05) is 0 Å². The van der Waals surface area contributed by atoms with Crippen molar-refractivity contribution in [3.8, 4) is 0 Å². The Morgan fingerprint density at radius 1 is 0.647 bits per heavy atom. The van der Waals surface area contributed by atoms with E-state index in [1.54, 1.807) is 0 Å². The van der Waals surface area contributed by atoms with Crippen LogP contribution in [-0.2, 0) is 0 Å². The summed E-state index contributed by atoms with van der Waals surface area (Å²) >= 11 is 5.81. The van der Waals surface area contributed by atoms with E-state index in [1.165, 1.54) is 16.7 Å². The second-order valence-electron chi connectivity index (χ2n) is 4.41. The van der Waals surface area contributed by atoms with E-state index in [-0.39, 0.29) is 0 Å². The second-order valence-corrected chi connectivity index (χ2v) is 4.81. The Morgan fingerprint density at radius 3 is 1.41 bits per heavy atom. The van der Waals surface area contributed by atoms with Gasteiger partial charge in [-0.05, 0) is 44.9 Å². The number of aryl methyl sites for hydroxylation is 4. The minimum atomic E-state index is 0.856. The van der Waals surface area contributed by atoms with Gasteiger partial charge in [-0.25, -0.2) is 0 Å². The molecule has 0 radical (unpaired) electrons. The van der Waals surface area contributed by atoms with Crippen molar-refractivity contribution >= 4 is 11.6 Å². The monoisotopic (exact) mass is 246 g/mol. The van der Waals surface area contributed by atoms with Gasteiger partial charge in [0.05, 0.1) is 0 Å². The first-order valence-corrected chi connectivity index (χ1v) is 6.13. The predicted octanol–water partition coefficient (Wildman–Crippen LogP) is 5.26. The molecule has 2 aromatic carbocycles. The van der Waals surface area contributed by atoms with Gasteiger partial charge in [-0.3, -0.25) is 0 Å². The highest BCUT2D eigenvalue weighted by Crippen LogP contribution is 2.15. The van der Waals surface area contributed by atoms with Crippen LogP contribution in [0.5, 0.6) is 0 Å². The second kappa shape index (κ2) is 6.46. The maximum atomic E-state index is 5.81. The van der Waals surface area contributed by atoms with Crippen LogP contribution >= 0.6 is 11.6 Å². The molecule has 0 aromatic heterocycles. The molecule has 0 atom stereocenters. The number of hydrogen-bond acceptors (Lipinski definition) is 0. The molecule has 0 unspecified atom stereocenters. The molecule has 90 valence electrons. The summed E-state index contributed by atoms with van der Waals surface area (Å²) in [4.78, 5) is 0. The van der Waals surface area contributed by atoms with Crippen LogP contribution in [0.15, 0.2) is 42.5 Å². The summed E-state index contributed by atoms with van der Waals surface area (Å²) in [6.07, 6.45) is 0. The van der Waals surface area contributed by atoms with Crippen LogP contribution in [0, 0.1) is 27.7 Å². The number of halogens is 1. The molecule has 0 bridgehead atoms. The van der Waals surface area contributed by atoms with E-state index in [4.69, 9.17) is 11.6 Å². The van der Waals surface area contributed by atoms with Gasteiger partial charge >= 0.3 is 0 Å². The predicted molar refractivity (Wildman–Crippen MR) is 76.8 cm³/mol. The third-order valence-corrected chi connectivity index (χ3v) is 2.95. The van der Waals surface area contributed by atoms with Crippen molar-refractivity contribution in [1.29, 1.82) is 0 Å². The molecule has 0 spiro atoms. The van der Waals surface area contributed by atoms with Gasteiger partial charge in [-0.2, -0.15) is 0 Å². The van der Waals surface area contributed by atoms with Crippen LogP contribution in [0.4, 0.5) is 0 Å². The van der Waals surface area contributed by atoms with Gasteiger partial charge in [0.25, 0.3) is 0 Å². The van der Waals surface area contributed by atoms with Gasteiger partial charge < -0.3 is 0 Å². The molecule has 0 aliphatic heterocycles. The fourth-order valence-corrected chi connectivity index (χ4v) is 1.57. The van der Waals surface area contributed by atoms with E-state index in [0.29, 0.717) is 0 Å². The Labute approximate surface area is 109 Å². The highest BCUT2D eigenvalue weighted by atomic mass is 35.5. The zero-order valence-corrected chi connectivity index (χ0v) is 11.7. The van der Waals surface area contributed by atoms with Gasteiger partial charge in [0.15, 0.2) is 0 Å². The molecule has 0 N–H and O–H groups in total. The van der Waals surface area contributed by atoms with Gasteiger partial charge in [-0.1, -0.05) is 59.1 Å². The molecule has 2 aromatic rings. The van der Waals surface area contributed by atoms with Gasteiger partial charge in [0.1, 0.15) is 0 Å². The lowest BCUT2D eigenvalue weighted by Crippen LogP contribution is -1.75. The smallest absolute Gasteiger partial charge is 0.0437 e. The fourth-order valence-electron chi connectivity index (χ4n) is 1.33. The first-order valence-electron chi connectivity index (χ1n) is 5.75. The molecule has 0 amide bonds. The standard InChI is InChI=1S/C8H9Cl.C8H10/c1-6-3-4-7(2)8(9)5-6;1-7-3-5-8(2)6-4-7/h3-5H,1-2H3;3-6H,1-2H3. The average Bonchev–Trinajstić information content (AvgIpc) is 2.29. The molecule has 2 rings (SSSR count). The van der Waals surface area contributed by atoms with Gasteiger partial charge in [-0.15, -0.1) is 0 Å². The van der Waals surface area contributed by atoms with Crippen molar-refractivity contribution < 1.29 is 0 Å². The molecular weight excluding hydrogens is 228 g/mol. The first kappa shape index (κ1) is 13.8. The van der Waals surface area contributed by atoms with E-state index < -0.39 is 0 Å². The molecule has 1 heteroatoms. The zero-order valence-electron chi connectivity index (χ0n) is 10.9. The first-order chi connectivity index (χ1) is 7.99. The van der Waals surface area contributed by atoms with E-state index in [0.717, 1.165) is 10.6 Å². The van der Waals surface area contributed by atoms with E-state index in [2.05, 4.69) is 44.2 Å². The summed E-state index contributed by atoms with van der Waals surface area (Å²) in [5, 5.41) is 0.856. The topological polar surface area (TPSA) is 0 Å². The van der Waals surface area contributed by atoms with E-state index >= 15 is 0 Å². The molecule has 0 heterocycles. The Balaban J connectivity index is 0.000000171. The van der Waals surface area contributed by atoms with Gasteiger partial charge in [0.2, 0.25) is 0 Å². The molecule has 0 saturated carbocycles. The zero-order chi connectivity index (χ0) is 12.8. The fraction of sp³-hybridized carbons (Fsp3) is 0.250. The molecule has 0 nitrogen and oxygen atoms in total. The summed E-state index contributed by atoms with van der Waals surface area (Å²) in [7, 11) is 0. The van der Waals surface area contributed by atoms with E-state index in [9.17, 15) is 0 Å². The highest BCUT2D eigenvalue weighted by molar-refractivity contribution is 6.31. The Bertz CT molecular complexity index is 448. The van der Waals surface area contributed by atoms with Crippen LogP contribution in [0.3, 0.4) is 0 Å². The summed E-state index contributed by atoms with van der Waals surface area (Å²) < 4.78 is 0. The van der Waals surface area contributed by atoms with Crippen LogP contribution in [0.1, 0.15) is 22.3 Å². The van der Waals surface area contributed by atoms with Crippen LogP contribution in [-0.4, -0.2) is 0 Å². The molecule has 0 fully saturated rings. The van der Waals surface area contributed by atoms with Crippen molar-refractivity contribution in [2.45, 2.75) is 27.7 Å². The van der Waals surface area contributed by atoms with Gasteiger partial charge in [0, 0.05) is 5.02 Å². The molecular formula is C16H19Cl. The third-order valence-electron chi connectivity index (χ3n) is 2.55. The van der Waals surface area contributed by atoms with Crippen molar-refractivity contribution in [3.63, 3.8) is 0 Å². The SMILES string of the molecule is Cc1ccc(C)c(Cl)c1.Cc1ccc(C)cc1.